The summed E-state index contributed by atoms with van der Waals surface area (Å²) in [7, 11) is -3.80. The molecule has 0 radical (unpaired) electrons. The number of benzene rings is 2. The summed E-state index contributed by atoms with van der Waals surface area (Å²) in [5, 5.41) is 3.64. The molecule has 35 heavy (non-hydrogen) atoms. The van der Waals surface area contributed by atoms with E-state index in [4.69, 9.17) is 23.2 Å². The molecular formula is C25H33Cl2N3O4S. The van der Waals surface area contributed by atoms with Crippen LogP contribution in [0.3, 0.4) is 0 Å². The lowest BCUT2D eigenvalue weighted by molar-refractivity contribution is -0.140. The molecule has 0 heterocycles. The lowest BCUT2D eigenvalue weighted by atomic mass is 10.1. The molecule has 2 rings (SSSR count). The van der Waals surface area contributed by atoms with Crippen LogP contribution in [0.15, 0.2) is 36.4 Å². The Bertz CT molecular complexity index is 1170. The van der Waals surface area contributed by atoms with Crippen LogP contribution in [-0.2, 0) is 26.2 Å². The standard InChI is InChI=1S/C25H33Cl2N3O4S/c1-6-12-28-25(32)22(7-2)29(15-19-10-11-20(26)14-21(19)27)24(31)16-30(35(5,33)34)23-13-17(3)8-9-18(23)4/h8-11,13-14,22H,6-7,12,15-16H2,1-5H3,(H,28,32). The third-order valence-electron chi connectivity index (χ3n) is 5.60. The Morgan fingerprint density at radius 2 is 1.74 bits per heavy atom. The van der Waals surface area contributed by atoms with Gasteiger partial charge in [-0.1, -0.05) is 55.2 Å². The van der Waals surface area contributed by atoms with Crippen molar-refractivity contribution in [2.24, 2.45) is 0 Å². The second-order valence-corrected chi connectivity index (χ2v) is 11.3. The second-order valence-electron chi connectivity index (χ2n) is 8.53. The molecule has 1 atom stereocenters. The van der Waals surface area contributed by atoms with Crippen molar-refractivity contribution in [1.29, 1.82) is 0 Å². The van der Waals surface area contributed by atoms with E-state index in [0.29, 0.717) is 39.8 Å². The molecule has 192 valence electrons. The Labute approximate surface area is 218 Å². The van der Waals surface area contributed by atoms with Crippen molar-refractivity contribution in [1.82, 2.24) is 10.2 Å². The van der Waals surface area contributed by atoms with Crippen LogP contribution in [0.25, 0.3) is 0 Å². The zero-order chi connectivity index (χ0) is 26.3. The van der Waals surface area contributed by atoms with E-state index in [2.05, 4.69) is 5.32 Å². The molecule has 0 aromatic heterocycles. The predicted molar refractivity (Wildman–Crippen MR) is 142 cm³/mol. The Morgan fingerprint density at radius 3 is 2.31 bits per heavy atom. The molecule has 2 amide bonds. The van der Waals surface area contributed by atoms with Gasteiger partial charge in [0.25, 0.3) is 0 Å². The third kappa shape index (κ3) is 7.85. The van der Waals surface area contributed by atoms with E-state index in [0.717, 1.165) is 22.5 Å². The fraction of sp³-hybridized carbons (Fsp3) is 0.440. The first-order valence-electron chi connectivity index (χ1n) is 11.4. The zero-order valence-corrected chi connectivity index (χ0v) is 23.1. The van der Waals surface area contributed by atoms with Gasteiger partial charge in [-0.3, -0.25) is 13.9 Å². The largest absolute Gasteiger partial charge is 0.354 e. The fourth-order valence-corrected chi connectivity index (χ4v) is 5.07. The fourth-order valence-electron chi connectivity index (χ4n) is 3.70. The molecule has 1 N–H and O–H groups in total. The Morgan fingerprint density at radius 1 is 1.06 bits per heavy atom. The van der Waals surface area contributed by atoms with Crippen molar-refractivity contribution in [3.8, 4) is 0 Å². The van der Waals surface area contributed by atoms with Gasteiger partial charge in [0.1, 0.15) is 12.6 Å². The minimum atomic E-state index is -3.80. The summed E-state index contributed by atoms with van der Waals surface area (Å²) >= 11 is 12.4. The quantitative estimate of drug-likeness (QED) is 0.446. The highest BCUT2D eigenvalue weighted by Crippen LogP contribution is 2.26. The molecule has 0 spiro atoms. The molecule has 0 saturated heterocycles. The number of aryl methyl sites for hydroxylation is 2. The van der Waals surface area contributed by atoms with Crippen LogP contribution in [0.5, 0.6) is 0 Å². The lowest BCUT2D eigenvalue weighted by Gasteiger charge is -2.33. The Kier molecular flexibility index (Phi) is 10.4. The highest BCUT2D eigenvalue weighted by atomic mass is 35.5. The van der Waals surface area contributed by atoms with E-state index < -0.39 is 28.5 Å². The maximum atomic E-state index is 13.7. The van der Waals surface area contributed by atoms with Crippen molar-refractivity contribution >= 4 is 50.7 Å². The molecule has 0 aliphatic heterocycles. The van der Waals surface area contributed by atoms with Crippen LogP contribution >= 0.6 is 23.2 Å². The number of hydrogen-bond donors (Lipinski definition) is 1. The van der Waals surface area contributed by atoms with Gasteiger partial charge in [0.2, 0.25) is 21.8 Å². The highest BCUT2D eigenvalue weighted by molar-refractivity contribution is 7.92. The molecule has 2 aromatic rings. The van der Waals surface area contributed by atoms with Crippen molar-refractivity contribution in [3.63, 3.8) is 0 Å². The first kappa shape index (κ1) is 28.9. The smallest absolute Gasteiger partial charge is 0.244 e. The monoisotopic (exact) mass is 541 g/mol. The maximum absolute atomic E-state index is 13.7. The average molecular weight is 543 g/mol. The van der Waals surface area contributed by atoms with Crippen molar-refractivity contribution in [2.75, 3.05) is 23.7 Å². The normalized spacial score (nSPS) is 12.2. The summed E-state index contributed by atoms with van der Waals surface area (Å²) in [6.45, 7) is 7.42. The van der Waals surface area contributed by atoms with E-state index >= 15 is 0 Å². The molecule has 0 saturated carbocycles. The maximum Gasteiger partial charge on any atom is 0.244 e. The first-order valence-corrected chi connectivity index (χ1v) is 14.1. The zero-order valence-electron chi connectivity index (χ0n) is 20.8. The third-order valence-corrected chi connectivity index (χ3v) is 7.32. The van der Waals surface area contributed by atoms with Crippen LogP contribution in [0.2, 0.25) is 10.0 Å². The van der Waals surface area contributed by atoms with Gasteiger partial charge in [-0.25, -0.2) is 8.42 Å². The van der Waals surface area contributed by atoms with Gasteiger partial charge in [0.05, 0.1) is 11.9 Å². The second kappa shape index (κ2) is 12.6. The Hall–Kier alpha value is -2.29. The molecule has 1 unspecified atom stereocenters. The topological polar surface area (TPSA) is 86.8 Å². The number of amides is 2. The van der Waals surface area contributed by atoms with E-state index in [9.17, 15) is 18.0 Å². The number of nitrogens with zero attached hydrogens (tertiary/aromatic N) is 2. The molecule has 7 nitrogen and oxygen atoms in total. The molecule has 0 bridgehead atoms. The molecular weight excluding hydrogens is 509 g/mol. The van der Waals surface area contributed by atoms with Gasteiger partial charge in [0, 0.05) is 23.1 Å². The number of nitrogens with one attached hydrogen (secondary N) is 1. The summed E-state index contributed by atoms with van der Waals surface area (Å²) < 4.78 is 26.6. The number of carbonyl (C=O) groups is 2. The van der Waals surface area contributed by atoms with E-state index in [1.165, 1.54) is 4.90 Å². The van der Waals surface area contributed by atoms with E-state index in [1.807, 2.05) is 26.0 Å². The van der Waals surface area contributed by atoms with Crippen LogP contribution in [0.1, 0.15) is 43.4 Å². The van der Waals surface area contributed by atoms with Crippen LogP contribution in [0.4, 0.5) is 5.69 Å². The van der Waals surface area contributed by atoms with Gasteiger partial charge in [-0.15, -0.1) is 0 Å². The summed E-state index contributed by atoms with van der Waals surface area (Å²) in [4.78, 5) is 28.1. The minimum absolute atomic E-state index is 0.0251. The van der Waals surface area contributed by atoms with Crippen molar-refractivity contribution < 1.29 is 18.0 Å². The Balaban J connectivity index is 2.50. The number of anilines is 1. The van der Waals surface area contributed by atoms with Gasteiger partial charge in [-0.2, -0.15) is 0 Å². The lowest BCUT2D eigenvalue weighted by Crippen LogP contribution is -2.52. The number of halogens is 2. The van der Waals surface area contributed by atoms with Gasteiger partial charge in [-0.05, 0) is 61.6 Å². The predicted octanol–water partition coefficient (Wildman–Crippen LogP) is 4.71. The van der Waals surface area contributed by atoms with E-state index in [1.54, 1.807) is 38.1 Å². The van der Waals surface area contributed by atoms with E-state index in [-0.39, 0.29) is 12.5 Å². The summed E-state index contributed by atoms with van der Waals surface area (Å²) in [6.07, 6.45) is 2.15. The molecule has 2 aromatic carbocycles. The van der Waals surface area contributed by atoms with Gasteiger partial charge < -0.3 is 10.2 Å². The van der Waals surface area contributed by atoms with Crippen LogP contribution in [-0.4, -0.2) is 50.5 Å². The number of sulfonamides is 1. The molecule has 10 heteroatoms. The van der Waals surface area contributed by atoms with Crippen molar-refractivity contribution in [3.05, 3.63) is 63.1 Å². The van der Waals surface area contributed by atoms with Gasteiger partial charge >= 0.3 is 0 Å². The minimum Gasteiger partial charge on any atom is -0.354 e. The SMILES string of the molecule is CCCNC(=O)C(CC)N(Cc1ccc(Cl)cc1Cl)C(=O)CN(c1cc(C)ccc1C)S(C)(=O)=O. The molecule has 0 aliphatic carbocycles. The molecule has 0 aliphatic rings. The summed E-state index contributed by atoms with van der Waals surface area (Å²) in [6, 6.07) is 9.53. The van der Waals surface area contributed by atoms with Crippen LogP contribution < -0.4 is 9.62 Å². The average Bonchev–Trinajstić information content (AvgIpc) is 2.78. The van der Waals surface area contributed by atoms with Gasteiger partial charge in [0.15, 0.2) is 0 Å². The summed E-state index contributed by atoms with van der Waals surface area (Å²) in [5.74, 6) is -0.814. The molecule has 0 fully saturated rings. The number of rotatable bonds is 11. The summed E-state index contributed by atoms with van der Waals surface area (Å²) in [5.41, 5.74) is 2.60. The number of carbonyl (C=O) groups excluding carboxylic acids is 2. The van der Waals surface area contributed by atoms with Crippen molar-refractivity contribution in [2.45, 2.75) is 53.1 Å². The van der Waals surface area contributed by atoms with Crippen LogP contribution in [0, 0.1) is 13.8 Å². The highest BCUT2D eigenvalue weighted by Gasteiger charge is 2.32. The first-order chi connectivity index (χ1) is 16.4. The number of hydrogen-bond acceptors (Lipinski definition) is 4.